The van der Waals surface area contributed by atoms with Crippen molar-refractivity contribution in [3.63, 3.8) is 0 Å². The second-order valence-corrected chi connectivity index (χ2v) is 12.6. The van der Waals surface area contributed by atoms with Crippen molar-refractivity contribution in [3.8, 4) is 11.5 Å². The first-order valence-electron chi connectivity index (χ1n) is 16.0. The van der Waals surface area contributed by atoms with Crippen molar-refractivity contribution in [3.05, 3.63) is 88.9 Å². The van der Waals surface area contributed by atoms with Gasteiger partial charge in [-0.2, -0.15) is 4.98 Å². The van der Waals surface area contributed by atoms with Gasteiger partial charge in [-0.15, -0.1) is 6.58 Å². The highest BCUT2D eigenvalue weighted by molar-refractivity contribution is 5.79. The molecule has 7 heterocycles. The predicted octanol–water partition coefficient (Wildman–Crippen LogP) is 5.18. The molecule has 5 aromatic rings. The molecule has 3 saturated heterocycles. The number of aliphatic hydroxyl groups excluding tert-OH is 1. The number of aliphatic hydroxyl groups is 1. The van der Waals surface area contributed by atoms with Gasteiger partial charge in [-0.1, -0.05) is 23.4 Å². The van der Waals surface area contributed by atoms with Crippen LogP contribution >= 0.6 is 0 Å². The summed E-state index contributed by atoms with van der Waals surface area (Å²) < 4.78 is 23.1. The Kier molecular flexibility index (Phi) is 8.10. The molecule has 0 spiro atoms. The zero-order valence-electron chi connectivity index (χ0n) is 26.5. The van der Waals surface area contributed by atoms with Gasteiger partial charge in [0.05, 0.1) is 35.8 Å². The average molecular weight is 640 g/mol. The van der Waals surface area contributed by atoms with Gasteiger partial charge in [0.15, 0.2) is 11.5 Å². The number of halogens is 1. The Morgan fingerprint density at radius 3 is 2.51 bits per heavy atom. The van der Waals surface area contributed by atoms with Crippen LogP contribution in [-0.2, 0) is 12.0 Å². The van der Waals surface area contributed by atoms with E-state index in [9.17, 15) is 14.3 Å². The molecule has 1 atom stereocenters. The maximum absolute atomic E-state index is 13.7. The third-order valence-corrected chi connectivity index (χ3v) is 9.40. The van der Waals surface area contributed by atoms with Gasteiger partial charge < -0.3 is 25.2 Å². The van der Waals surface area contributed by atoms with Gasteiger partial charge in [0, 0.05) is 23.7 Å². The van der Waals surface area contributed by atoms with E-state index in [1.807, 2.05) is 18.5 Å². The van der Waals surface area contributed by atoms with E-state index in [2.05, 4.69) is 32.3 Å². The smallest absolute Gasteiger partial charge is 0.276 e. The van der Waals surface area contributed by atoms with Gasteiger partial charge in [-0.05, 0) is 82.6 Å². The summed E-state index contributed by atoms with van der Waals surface area (Å²) in [5.74, 6) is 1.63. The van der Waals surface area contributed by atoms with Crippen LogP contribution < -0.4 is 16.2 Å². The third kappa shape index (κ3) is 5.69. The van der Waals surface area contributed by atoms with Gasteiger partial charge in [0.1, 0.15) is 17.5 Å². The largest absolute Gasteiger partial charge is 0.394 e. The van der Waals surface area contributed by atoms with Crippen molar-refractivity contribution in [1.29, 1.82) is 0 Å². The molecule has 1 aromatic carbocycles. The molecule has 0 saturated carbocycles. The minimum Gasteiger partial charge on any atom is -0.394 e. The lowest BCUT2D eigenvalue weighted by Crippen LogP contribution is -2.51. The summed E-state index contributed by atoms with van der Waals surface area (Å²) in [5, 5.41) is 22.0. The van der Waals surface area contributed by atoms with Crippen LogP contribution in [0.4, 0.5) is 21.7 Å². The molecule has 0 unspecified atom stereocenters. The van der Waals surface area contributed by atoms with Crippen LogP contribution in [0.15, 0.2) is 70.6 Å². The lowest BCUT2D eigenvalue weighted by molar-refractivity contribution is 0.0747. The number of benzene rings is 1. The molecular formula is C34H38FN9O3. The summed E-state index contributed by atoms with van der Waals surface area (Å²) in [6, 6.07) is 10.7. The second kappa shape index (κ2) is 12.4. The normalized spacial score (nSPS) is 19.7. The molecule has 13 heteroatoms. The molecule has 3 N–H and O–H groups in total. The van der Waals surface area contributed by atoms with Gasteiger partial charge >= 0.3 is 0 Å². The molecule has 4 aromatic heterocycles. The summed E-state index contributed by atoms with van der Waals surface area (Å²) in [5.41, 5.74) is 2.18. The van der Waals surface area contributed by atoms with Gasteiger partial charge in [-0.25, -0.2) is 19.0 Å². The molecule has 12 nitrogen and oxygen atoms in total. The van der Waals surface area contributed by atoms with E-state index in [1.165, 1.54) is 12.1 Å². The SMILES string of the molecule is C=CCn1c(=O)c2ccc(Nc3cc(N[C@H](CO)c4ccc(F)cc4)c(-c4nc(C56CCN(CC5)CC6)no4)cn3)nc2n1C(C)C. The van der Waals surface area contributed by atoms with Crippen molar-refractivity contribution in [2.45, 2.75) is 57.2 Å². The Balaban J connectivity index is 1.25. The average Bonchev–Trinajstić information content (AvgIpc) is 3.69. The Bertz CT molecular complexity index is 1960. The molecule has 3 aliphatic rings. The Morgan fingerprint density at radius 2 is 1.83 bits per heavy atom. The topological polar surface area (TPSA) is 139 Å². The van der Waals surface area contributed by atoms with Gasteiger partial charge in [0.25, 0.3) is 11.4 Å². The lowest BCUT2D eigenvalue weighted by Gasteiger charge is -2.46. The van der Waals surface area contributed by atoms with Crippen molar-refractivity contribution < 1.29 is 14.0 Å². The summed E-state index contributed by atoms with van der Waals surface area (Å²) in [7, 11) is 0. The van der Waals surface area contributed by atoms with E-state index >= 15 is 0 Å². The molecule has 244 valence electrons. The molecule has 0 aliphatic carbocycles. The van der Waals surface area contributed by atoms with E-state index in [0.29, 0.717) is 57.7 Å². The zero-order chi connectivity index (χ0) is 32.7. The van der Waals surface area contributed by atoms with Crippen LogP contribution in [0.2, 0.25) is 0 Å². The monoisotopic (exact) mass is 639 g/mol. The number of anilines is 3. The Labute approximate surface area is 270 Å². The van der Waals surface area contributed by atoms with Crippen molar-refractivity contribution in [2.75, 3.05) is 36.9 Å². The number of allylic oxidation sites excluding steroid dienone is 1. The highest BCUT2D eigenvalue weighted by Gasteiger charge is 2.44. The first kappa shape index (κ1) is 30.8. The number of aromatic nitrogens is 6. The maximum Gasteiger partial charge on any atom is 0.276 e. The molecule has 8 rings (SSSR count). The highest BCUT2D eigenvalue weighted by Crippen LogP contribution is 2.42. The Hall–Kier alpha value is -4.88. The molecular weight excluding hydrogens is 601 g/mol. The standard InChI is InChI=1S/C34H38FN9O3/c1-4-14-43-32(46)24-9-10-28(39-30(24)44(43)21(2)3)38-29-18-26(37-27(20-45)22-5-7-23(35)8-6-22)25(19-36-29)31-40-33(41-47-31)34-11-15-42(16-12-34)17-13-34/h4-10,18-19,21,27,45H,1,11-17,20H2,2-3H3,(H2,36,37,38,39)/t27-/m1/s1. The van der Waals surface area contributed by atoms with Crippen LogP contribution in [0.3, 0.4) is 0 Å². The van der Waals surface area contributed by atoms with Crippen LogP contribution in [0.1, 0.15) is 56.6 Å². The van der Waals surface area contributed by atoms with Gasteiger partial charge in [-0.3, -0.25) is 9.48 Å². The number of hydrogen-bond donors (Lipinski definition) is 3. The summed E-state index contributed by atoms with van der Waals surface area (Å²) in [6.45, 7) is 11.0. The number of fused-ring (bicyclic) bond motifs is 4. The van der Waals surface area contributed by atoms with E-state index in [4.69, 9.17) is 14.5 Å². The molecule has 2 bridgehead atoms. The molecule has 3 fully saturated rings. The quantitative estimate of drug-likeness (QED) is 0.166. The van der Waals surface area contributed by atoms with Crippen LogP contribution in [0.5, 0.6) is 0 Å². The summed E-state index contributed by atoms with van der Waals surface area (Å²) >= 11 is 0. The first-order valence-corrected chi connectivity index (χ1v) is 16.0. The number of pyridine rings is 2. The number of nitrogens with zero attached hydrogens (tertiary/aromatic N) is 7. The molecule has 0 radical (unpaired) electrons. The first-order chi connectivity index (χ1) is 22.8. The zero-order valence-corrected chi connectivity index (χ0v) is 26.5. The van der Waals surface area contributed by atoms with Crippen molar-refractivity contribution >= 4 is 28.4 Å². The van der Waals surface area contributed by atoms with E-state index in [1.54, 1.807) is 47.3 Å². The van der Waals surface area contributed by atoms with E-state index in [0.717, 1.165) is 38.9 Å². The molecule has 47 heavy (non-hydrogen) atoms. The fourth-order valence-electron chi connectivity index (χ4n) is 6.80. The minimum absolute atomic E-state index is 0.0158. The number of rotatable bonds is 11. The summed E-state index contributed by atoms with van der Waals surface area (Å²) in [4.78, 5) is 29.9. The lowest BCUT2D eigenvalue weighted by atomic mass is 9.71. The van der Waals surface area contributed by atoms with Crippen molar-refractivity contribution in [2.24, 2.45) is 0 Å². The van der Waals surface area contributed by atoms with Crippen LogP contribution in [-0.4, -0.2) is 65.7 Å². The van der Waals surface area contributed by atoms with Gasteiger partial charge in [0.2, 0.25) is 0 Å². The van der Waals surface area contributed by atoms with Crippen LogP contribution in [0.25, 0.3) is 22.5 Å². The van der Waals surface area contributed by atoms with Crippen molar-refractivity contribution in [1.82, 2.24) is 34.4 Å². The third-order valence-electron chi connectivity index (χ3n) is 9.40. The number of piperidine rings is 3. The van der Waals surface area contributed by atoms with Crippen LogP contribution in [0, 0.1) is 5.82 Å². The predicted molar refractivity (Wildman–Crippen MR) is 177 cm³/mol. The molecule has 0 amide bonds. The van der Waals surface area contributed by atoms with E-state index in [-0.39, 0.29) is 29.4 Å². The summed E-state index contributed by atoms with van der Waals surface area (Å²) in [6.07, 6.45) is 6.32. The number of hydrogen-bond acceptors (Lipinski definition) is 10. The van der Waals surface area contributed by atoms with E-state index < -0.39 is 6.04 Å². The minimum atomic E-state index is -0.562. The maximum atomic E-state index is 13.7. The highest BCUT2D eigenvalue weighted by atomic mass is 19.1. The molecule has 3 aliphatic heterocycles. The fraction of sp³-hybridized carbons (Fsp3) is 0.382. The second-order valence-electron chi connectivity index (χ2n) is 12.6. The number of nitrogens with one attached hydrogen (secondary N) is 2. The Morgan fingerprint density at radius 1 is 1.09 bits per heavy atom. The fourth-order valence-corrected chi connectivity index (χ4v) is 6.80.